The molecule has 0 aromatic carbocycles. The van der Waals surface area contributed by atoms with Crippen molar-refractivity contribution >= 4 is 30.0 Å². The van der Waals surface area contributed by atoms with Crippen LogP contribution in [-0.4, -0.2) is 68.9 Å². The number of nitrogens with zero attached hydrogens (tertiary/aromatic N) is 4. The molecule has 1 aromatic heterocycles. The summed E-state index contributed by atoms with van der Waals surface area (Å²) in [4.78, 5) is 45.7. The van der Waals surface area contributed by atoms with Crippen LogP contribution in [0.4, 0.5) is 5.82 Å². The molecule has 0 saturated carbocycles. The van der Waals surface area contributed by atoms with Crippen LogP contribution in [0.15, 0.2) is 4.79 Å². The molecular weight excluding hydrogens is 422 g/mol. The first-order chi connectivity index (χ1) is 14.2. The highest BCUT2D eigenvalue weighted by molar-refractivity contribution is 7.71. The van der Waals surface area contributed by atoms with Crippen LogP contribution in [0.2, 0.25) is 0 Å². The van der Waals surface area contributed by atoms with Gasteiger partial charge in [-0.15, -0.1) is 0 Å². The molecule has 0 radical (unpaired) electrons. The third kappa shape index (κ3) is 5.92. The molecule has 172 valence electrons. The summed E-state index contributed by atoms with van der Waals surface area (Å²) < 4.78 is 13.0. The maximum Gasteiger partial charge on any atom is 0.320 e. The number of aromatic nitrogens is 2. The van der Waals surface area contributed by atoms with Crippen molar-refractivity contribution in [1.29, 1.82) is 0 Å². The van der Waals surface area contributed by atoms with Crippen LogP contribution >= 0.6 is 12.2 Å². The molecule has 0 bridgehead atoms. The van der Waals surface area contributed by atoms with Crippen LogP contribution in [0.25, 0.3) is 0 Å². The van der Waals surface area contributed by atoms with Crippen molar-refractivity contribution in [2.45, 2.75) is 66.0 Å². The maximum atomic E-state index is 12.6. The lowest BCUT2D eigenvalue weighted by atomic mass is 10.2. The number of rotatable bonds is 4. The summed E-state index contributed by atoms with van der Waals surface area (Å²) in [5.41, 5.74) is -0.886. The minimum absolute atomic E-state index is 0.0499. The van der Waals surface area contributed by atoms with Crippen LogP contribution in [0, 0.1) is 4.77 Å². The highest BCUT2D eigenvalue weighted by Gasteiger charge is 2.34. The topological polar surface area (TPSA) is 100 Å². The van der Waals surface area contributed by atoms with E-state index in [1.165, 1.54) is 0 Å². The number of hydrogen-bond donors (Lipinski definition) is 1. The third-order valence-electron chi connectivity index (χ3n) is 4.57. The molecular formula is C20H31N5O5S. The molecule has 2 aliphatic rings. The van der Waals surface area contributed by atoms with Crippen LogP contribution in [0.5, 0.6) is 0 Å². The second kappa shape index (κ2) is 8.36. The van der Waals surface area contributed by atoms with Crippen LogP contribution in [0.1, 0.15) is 47.1 Å². The summed E-state index contributed by atoms with van der Waals surface area (Å²) in [5, 5.41) is 0. The van der Waals surface area contributed by atoms with Gasteiger partial charge in [-0.25, -0.2) is 0 Å². The van der Waals surface area contributed by atoms with Crippen molar-refractivity contribution in [3.63, 3.8) is 0 Å². The summed E-state index contributed by atoms with van der Waals surface area (Å²) in [7, 11) is 0. The standard InChI is InChI=1S/C20H31N5O5S/c1-19(2,3)29-14(26)8-22-7-13-16(28)21-18(31)25-12-23(11-24(10-22)17(13)25)9-15(27)30-20(4,5)6/h7-12H2,1-6H3,(H,21,28,31). The van der Waals surface area contributed by atoms with Crippen molar-refractivity contribution < 1.29 is 19.1 Å². The van der Waals surface area contributed by atoms with Crippen molar-refractivity contribution in [2.24, 2.45) is 0 Å². The summed E-state index contributed by atoms with van der Waals surface area (Å²) in [6.07, 6.45) is 0. The van der Waals surface area contributed by atoms with Gasteiger partial charge in [0.05, 0.1) is 38.7 Å². The Bertz CT molecular complexity index is 913. The number of nitrogens with one attached hydrogen (secondary N) is 1. The van der Waals surface area contributed by atoms with Gasteiger partial charge < -0.3 is 14.4 Å². The van der Waals surface area contributed by atoms with E-state index in [0.717, 1.165) is 5.82 Å². The van der Waals surface area contributed by atoms with Gasteiger partial charge in [0.1, 0.15) is 17.0 Å². The molecule has 3 rings (SSSR count). The predicted octanol–water partition coefficient (Wildman–Crippen LogP) is 1.40. The smallest absolute Gasteiger partial charge is 0.320 e. The molecule has 0 aliphatic carbocycles. The molecule has 10 nitrogen and oxygen atoms in total. The van der Waals surface area contributed by atoms with E-state index in [1.807, 2.05) is 60.8 Å². The van der Waals surface area contributed by atoms with Gasteiger partial charge in [-0.2, -0.15) is 0 Å². The molecule has 0 amide bonds. The lowest BCUT2D eigenvalue weighted by molar-refractivity contribution is -0.157. The molecule has 0 saturated heterocycles. The molecule has 3 heterocycles. The van der Waals surface area contributed by atoms with Crippen LogP contribution < -0.4 is 10.5 Å². The molecule has 1 aromatic rings. The van der Waals surface area contributed by atoms with Crippen LogP contribution in [-0.2, 0) is 32.3 Å². The van der Waals surface area contributed by atoms with Gasteiger partial charge in [-0.05, 0) is 53.8 Å². The summed E-state index contributed by atoms with van der Waals surface area (Å²) in [6, 6.07) is 0. The minimum Gasteiger partial charge on any atom is -0.459 e. The monoisotopic (exact) mass is 453 g/mol. The first kappa shape index (κ1) is 23.4. The lowest BCUT2D eigenvalue weighted by Crippen LogP contribution is -2.56. The fraction of sp³-hybridized carbons (Fsp3) is 0.700. The Labute approximate surface area is 186 Å². The number of esters is 2. The zero-order valence-corrected chi connectivity index (χ0v) is 19.8. The van der Waals surface area contributed by atoms with Gasteiger partial charge in [0.2, 0.25) is 0 Å². The van der Waals surface area contributed by atoms with Crippen LogP contribution in [0.3, 0.4) is 0 Å². The zero-order chi connectivity index (χ0) is 23.1. The lowest BCUT2D eigenvalue weighted by Gasteiger charge is -2.45. The van der Waals surface area contributed by atoms with E-state index >= 15 is 0 Å². The Balaban J connectivity index is 1.83. The van der Waals surface area contributed by atoms with E-state index in [4.69, 9.17) is 21.7 Å². The molecule has 1 N–H and O–H groups in total. The van der Waals surface area contributed by atoms with Gasteiger partial charge in [-0.3, -0.25) is 33.7 Å². The minimum atomic E-state index is -0.585. The first-order valence-corrected chi connectivity index (χ1v) is 10.6. The predicted molar refractivity (Wildman–Crippen MR) is 117 cm³/mol. The maximum absolute atomic E-state index is 12.6. The van der Waals surface area contributed by atoms with Gasteiger partial charge >= 0.3 is 11.9 Å². The number of hydrogen-bond acceptors (Lipinski definition) is 9. The largest absolute Gasteiger partial charge is 0.459 e. The van der Waals surface area contributed by atoms with E-state index in [-0.39, 0.29) is 30.6 Å². The number of anilines is 1. The number of aromatic amines is 1. The Hall–Kier alpha value is -2.24. The highest BCUT2D eigenvalue weighted by Crippen LogP contribution is 2.29. The summed E-state index contributed by atoms with van der Waals surface area (Å²) >= 11 is 5.37. The van der Waals surface area contributed by atoms with E-state index in [0.29, 0.717) is 36.9 Å². The molecule has 31 heavy (non-hydrogen) atoms. The van der Waals surface area contributed by atoms with Crippen molar-refractivity contribution in [3.05, 3.63) is 20.7 Å². The van der Waals surface area contributed by atoms with Gasteiger partial charge in [0.15, 0.2) is 4.77 Å². The quantitative estimate of drug-likeness (QED) is 0.535. The number of H-pyrrole nitrogens is 1. The third-order valence-corrected chi connectivity index (χ3v) is 4.90. The first-order valence-electron chi connectivity index (χ1n) is 10.2. The van der Waals surface area contributed by atoms with Gasteiger partial charge in [-0.1, -0.05) is 0 Å². The fourth-order valence-corrected chi connectivity index (χ4v) is 3.97. The average Bonchev–Trinajstić information content (AvgIpc) is 2.55. The Morgan fingerprint density at radius 3 is 2.00 bits per heavy atom. The average molecular weight is 454 g/mol. The zero-order valence-electron chi connectivity index (χ0n) is 19.0. The van der Waals surface area contributed by atoms with E-state index < -0.39 is 11.2 Å². The van der Waals surface area contributed by atoms with Gasteiger partial charge in [0.25, 0.3) is 5.56 Å². The molecule has 11 heteroatoms. The molecule has 0 atom stereocenters. The number of carbonyl (C=O) groups is 2. The normalized spacial score (nSPS) is 17.3. The SMILES string of the molecule is CC(C)(C)OC(=O)CN1Cc2c3n(c(=S)[nH]c2=O)CN(CC(=O)OC(C)(C)C)CN3C1. The van der Waals surface area contributed by atoms with Crippen molar-refractivity contribution in [3.8, 4) is 0 Å². The van der Waals surface area contributed by atoms with E-state index in [2.05, 4.69) is 4.98 Å². The van der Waals surface area contributed by atoms with E-state index in [9.17, 15) is 14.4 Å². The number of ether oxygens (including phenoxy) is 2. The van der Waals surface area contributed by atoms with Crippen molar-refractivity contribution in [2.75, 3.05) is 31.3 Å². The van der Waals surface area contributed by atoms with E-state index in [1.54, 1.807) is 0 Å². The second-order valence-corrected chi connectivity index (χ2v) is 10.3. The Kier molecular flexibility index (Phi) is 6.32. The highest BCUT2D eigenvalue weighted by atomic mass is 32.1. The molecule has 0 fully saturated rings. The second-order valence-electron chi connectivity index (χ2n) is 9.94. The Morgan fingerprint density at radius 1 is 0.935 bits per heavy atom. The fourth-order valence-electron chi connectivity index (χ4n) is 3.73. The summed E-state index contributed by atoms with van der Waals surface area (Å²) in [5.74, 6) is 0.0344. The van der Waals surface area contributed by atoms with Crippen molar-refractivity contribution in [1.82, 2.24) is 19.4 Å². The van der Waals surface area contributed by atoms with Gasteiger partial charge in [0, 0.05) is 6.54 Å². The molecule has 0 unspecified atom stereocenters. The summed E-state index contributed by atoms with van der Waals surface area (Å²) in [6.45, 7) is 12.5. The molecule has 2 aliphatic heterocycles. The molecule has 0 spiro atoms. The Morgan fingerprint density at radius 2 is 1.45 bits per heavy atom. The number of carbonyl (C=O) groups excluding carboxylic acids is 2.